The molecule has 1 saturated carbocycles. The molecule has 0 N–H and O–H groups in total. The minimum atomic E-state index is -0.468. The number of hydrogen-bond acceptors (Lipinski definition) is 3. The predicted molar refractivity (Wildman–Crippen MR) is 68.3 cm³/mol. The summed E-state index contributed by atoms with van der Waals surface area (Å²) in [6, 6.07) is 0. The number of amides is 1. The Morgan fingerprint density at radius 2 is 2.06 bits per heavy atom. The molecule has 102 valence electrons. The smallest absolute Gasteiger partial charge is 0.410 e. The summed E-state index contributed by atoms with van der Waals surface area (Å²) in [6.45, 7) is 6.64. The Balaban J connectivity index is 1.89. The van der Waals surface area contributed by atoms with Crippen LogP contribution in [-0.4, -0.2) is 35.5 Å². The molecule has 1 atom stereocenters. The second-order valence-corrected chi connectivity index (χ2v) is 6.52. The quantitative estimate of drug-likeness (QED) is 0.760. The summed E-state index contributed by atoms with van der Waals surface area (Å²) in [7, 11) is 0. The minimum absolute atomic E-state index is 0.0405. The Morgan fingerprint density at radius 1 is 1.39 bits per heavy atom. The zero-order valence-electron chi connectivity index (χ0n) is 11.6. The number of rotatable bonds is 2. The average molecular weight is 253 g/mol. The summed E-state index contributed by atoms with van der Waals surface area (Å²) in [5, 5.41) is 0. The van der Waals surface area contributed by atoms with Gasteiger partial charge in [0.25, 0.3) is 0 Å². The Hall–Kier alpha value is -1.06. The molecule has 1 heterocycles. The molecule has 0 radical (unpaired) electrons. The van der Waals surface area contributed by atoms with Crippen molar-refractivity contribution in [1.29, 1.82) is 0 Å². The minimum Gasteiger partial charge on any atom is -0.444 e. The zero-order chi connectivity index (χ0) is 13.3. The summed E-state index contributed by atoms with van der Waals surface area (Å²) in [4.78, 5) is 25.5. The van der Waals surface area contributed by atoms with Crippen LogP contribution in [0.2, 0.25) is 0 Å². The Bertz CT molecular complexity index is 341. The Morgan fingerprint density at radius 3 is 2.61 bits per heavy atom. The van der Waals surface area contributed by atoms with Crippen molar-refractivity contribution in [3.8, 4) is 0 Å². The van der Waals surface area contributed by atoms with Crippen molar-refractivity contribution in [2.45, 2.75) is 52.1 Å². The molecule has 1 saturated heterocycles. The normalized spacial score (nSPS) is 25.2. The monoisotopic (exact) mass is 253 g/mol. The van der Waals surface area contributed by atoms with Gasteiger partial charge in [-0.1, -0.05) is 12.8 Å². The van der Waals surface area contributed by atoms with E-state index in [0.717, 1.165) is 12.3 Å². The standard InChI is InChI=1S/C14H23NO3/c1-14(2,3)18-13(17)15-7-6-12(16)11(9-15)8-10-4-5-10/h10-11H,4-9H2,1-3H3/t11-/m1/s1. The first-order valence-corrected chi connectivity index (χ1v) is 6.86. The molecular weight excluding hydrogens is 230 g/mol. The third-order valence-electron chi connectivity index (χ3n) is 3.49. The third-order valence-corrected chi connectivity index (χ3v) is 3.49. The van der Waals surface area contributed by atoms with Gasteiger partial charge in [0.05, 0.1) is 0 Å². The van der Waals surface area contributed by atoms with Crippen LogP contribution in [0.3, 0.4) is 0 Å². The summed E-state index contributed by atoms with van der Waals surface area (Å²) in [5.41, 5.74) is -0.468. The van der Waals surface area contributed by atoms with Crippen molar-refractivity contribution in [3.05, 3.63) is 0 Å². The summed E-state index contributed by atoms with van der Waals surface area (Å²) in [6.07, 6.45) is 3.65. The van der Waals surface area contributed by atoms with Crippen molar-refractivity contribution >= 4 is 11.9 Å². The zero-order valence-corrected chi connectivity index (χ0v) is 11.6. The second kappa shape index (κ2) is 4.90. The van der Waals surface area contributed by atoms with Crippen molar-refractivity contribution in [2.24, 2.45) is 11.8 Å². The maximum Gasteiger partial charge on any atom is 0.410 e. The molecule has 4 nitrogen and oxygen atoms in total. The number of piperidine rings is 1. The van der Waals surface area contributed by atoms with Gasteiger partial charge in [-0.25, -0.2) is 4.79 Å². The van der Waals surface area contributed by atoms with E-state index in [9.17, 15) is 9.59 Å². The van der Waals surface area contributed by atoms with E-state index >= 15 is 0 Å². The number of ether oxygens (including phenoxy) is 1. The highest BCUT2D eigenvalue weighted by Crippen LogP contribution is 2.37. The highest BCUT2D eigenvalue weighted by atomic mass is 16.6. The van der Waals surface area contributed by atoms with E-state index in [-0.39, 0.29) is 12.0 Å². The largest absolute Gasteiger partial charge is 0.444 e. The molecule has 1 aliphatic carbocycles. The van der Waals surface area contributed by atoms with Crippen molar-refractivity contribution in [3.63, 3.8) is 0 Å². The molecule has 0 spiro atoms. The Kier molecular flexibility index (Phi) is 3.64. The van der Waals surface area contributed by atoms with Crippen molar-refractivity contribution in [1.82, 2.24) is 4.90 Å². The number of Topliss-reactive ketones (excluding diaryl/α,β-unsaturated/α-hetero) is 1. The van der Waals surface area contributed by atoms with Gasteiger partial charge in [-0.3, -0.25) is 4.79 Å². The fourth-order valence-electron chi connectivity index (χ4n) is 2.36. The number of hydrogen-bond donors (Lipinski definition) is 0. The van der Waals surface area contributed by atoms with E-state index in [4.69, 9.17) is 4.74 Å². The van der Waals surface area contributed by atoms with Crippen LogP contribution in [0.15, 0.2) is 0 Å². The van der Waals surface area contributed by atoms with Gasteiger partial charge in [0.2, 0.25) is 0 Å². The molecule has 1 amide bonds. The molecule has 0 unspecified atom stereocenters. The van der Waals surface area contributed by atoms with Crippen LogP contribution in [0.1, 0.15) is 46.5 Å². The van der Waals surface area contributed by atoms with Gasteiger partial charge in [-0.2, -0.15) is 0 Å². The average Bonchev–Trinajstić information content (AvgIpc) is 3.02. The van der Waals surface area contributed by atoms with Gasteiger partial charge in [0, 0.05) is 25.4 Å². The van der Waals surface area contributed by atoms with E-state index < -0.39 is 5.60 Å². The van der Waals surface area contributed by atoms with E-state index in [1.54, 1.807) is 4.90 Å². The lowest BCUT2D eigenvalue weighted by Crippen LogP contribution is -2.46. The highest BCUT2D eigenvalue weighted by molar-refractivity contribution is 5.84. The number of carbonyl (C=O) groups excluding carboxylic acids is 2. The van der Waals surface area contributed by atoms with Crippen LogP contribution >= 0.6 is 0 Å². The Labute approximate surface area is 109 Å². The molecule has 2 fully saturated rings. The summed E-state index contributed by atoms with van der Waals surface area (Å²) < 4.78 is 5.36. The first kappa shape index (κ1) is 13.4. The fourth-order valence-corrected chi connectivity index (χ4v) is 2.36. The van der Waals surface area contributed by atoms with Gasteiger partial charge in [-0.15, -0.1) is 0 Å². The predicted octanol–water partition coefficient (Wildman–Crippen LogP) is 2.61. The molecule has 0 aromatic carbocycles. The van der Waals surface area contributed by atoms with Crippen molar-refractivity contribution in [2.75, 3.05) is 13.1 Å². The maximum absolute atomic E-state index is 12.0. The lowest BCUT2D eigenvalue weighted by atomic mass is 9.91. The highest BCUT2D eigenvalue weighted by Gasteiger charge is 2.35. The summed E-state index contributed by atoms with van der Waals surface area (Å²) >= 11 is 0. The van der Waals surface area contributed by atoms with Crippen LogP contribution in [0.4, 0.5) is 4.79 Å². The molecule has 2 aliphatic rings. The number of likely N-dealkylation sites (tertiary alicyclic amines) is 1. The van der Waals surface area contributed by atoms with Crippen LogP contribution in [0.5, 0.6) is 0 Å². The van der Waals surface area contributed by atoms with E-state index in [1.165, 1.54) is 12.8 Å². The van der Waals surface area contributed by atoms with Crippen LogP contribution in [0.25, 0.3) is 0 Å². The lowest BCUT2D eigenvalue weighted by molar-refractivity contribution is -0.126. The molecule has 18 heavy (non-hydrogen) atoms. The fraction of sp³-hybridized carbons (Fsp3) is 0.857. The van der Waals surface area contributed by atoms with Gasteiger partial charge in [-0.05, 0) is 33.1 Å². The first-order chi connectivity index (χ1) is 8.35. The maximum atomic E-state index is 12.0. The molecular formula is C14H23NO3. The SMILES string of the molecule is CC(C)(C)OC(=O)N1CCC(=O)[C@H](CC2CC2)C1. The molecule has 0 bridgehead atoms. The van der Waals surface area contributed by atoms with E-state index in [0.29, 0.717) is 25.3 Å². The van der Waals surface area contributed by atoms with Gasteiger partial charge in [0.15, 0.2) is 0 Å². The van der Waals surface area contributed by atoms with Crippen LogP contribution in [0, 0.1) is 11.8 Å². The number of nitrogens with zero attached hydrogens (tertiary/aromatic N) is 1. The van der Waals surface area contributed by atoms with Gasteiger partial charge in [0.1, 0.15) is 11.4 Å². The molecule has 0 aromatic rings. The molecule has 2 rings (SSSR count). The topological polar surface area (TPSA) is 46.6 Å². The second-order valence-electron chi connectivity index (χ2n) is 6.52. The van der Waals surface area contributed by atoms with Crippen LogP contribution < -0.4 is 0 Å². The molecule has 0 aromatic heterocycles. The van der Waals surface area contributed by atoms with Crippen molar-refractivity contribution < 1.29 is 14.3 Å². The lowest BCUT2D eigenvalue weighted by Gasteiger charge is -2.33. The summed E-state index contributed by atoms with van der Waals surface area (Å²) in [5.74, 6) is 1.08. The van der Waals surface area contributed by atoms with Crippen LogP contribution in [-0.2, 0) is 9.53 Å². The molecule has 4 heteroatoms. The van der Waals surface area contributed by atoms with Gasteiger partial charge < -0.3 is 9.64 Å². The number of ketones is 1. The molecule has 1 aliphatic heterocycles. The first-order valence-electron chi connectivity index (χ1n) is 6.86. The van der Waals surface area contributed by atoms with E-state index in [2.05, 4.69) is 0 Å². The van der Waals surface area contributed by atoms with Gasteiger partial charge >= 0.3 is 6.09 Å². The number of carbonyl (C=O) groups is 2. The van der Waals surface area contributed by atoms with E-state index in [1.807, 2.05) is 20.8 Å². The third kappa shape index (κ3) is 3.72.